The molecule has 138 valence electrons. The van der Waals surface area contributed by atoms with Crippen molar-refractivity contribution in [2.75, 3.05) is 16.0 Å². The second-order valence-corrected chi connectivity index (χ2v) is 6.83. The van der Waals surface area contributed by atoms with Gasteiger partial charge in [-0.15, -0.1) is 0 Å². The van der Waals surface area contributed by atoms with Crippen molar-refractivity contribution < 1.29 is 9.59 Å². The molecule has 0 aromatic heterocycles. The summed E-state index contributed by atoms with van der Waals surface area (Å²) in [5.41, 5.74) is 7.71. The molecule has 2 rings (SSSR count). The van der Waals surface area contributed by atoms with E-state index in [-0.39, 0.29) is 11.9 Å². The molecule has 5 N–H and O–H groups in total. The van der Waals surface area contributed by atoms with Gasteiger partial charge in [-0.05, 0) is 60.9 Å². The first-order valence-electron chi connectivity index (χ1n) is 8.33. The zero-order valence-corrected chi connectivity index (χ0v) is 15.5. The summed E-state index contributed by atoms with van der Waals surface area (Å²) in [4.78, 5) is 24.0. The van der Waals surface area contributed by atoms with E-state index >= 15 is 0 Å². The van der Waals surface area contributed by atoms with E-state index in [1.165, 1.54) is 0 Å². The molecule has 0 saturated carbocycles. The molecule has 0 aliphatic rings. The minimum atomic E-state index is -0.544. The standard InChI is InChI=1S/C19H23ClN4O2/c1-12(2)11-17(21)18(25)22-14-7-9-16(10-8-14)24-19(26)23-15-5-3-13(20)4-6-15/h3-10,12,17H,11,21H2,1-2H3,(H,22,25)(H2,23,24,26)/t17-/m0/s1. The Kier molecular flexibility index (Phi) is 7.00. The molecule has 26 heavy (non-hydrogen) atoms. The molecule has 0 aliphatic heterocycles. The number of carbonyl (C=O) groups is 2. The van der Waals surface area contributed by atoms with Crippen LogP contribution in [-0.2, 0) is 4.79 Å². The molecule has 2 aromatic carbocycles. The van der Waals surface area contributed by atoms with Crippen molar-refractivity contribution in [1.82, 2.24) is 0 Å². The predicted octanol–water partition coefficient (Wildman–Crippen LogP) is 4.30. The van der Waals surface area contributed by atoms with Crippen LogP contribution in [0.3, 0.4) is 0 Å². The normalized spacial score (nSPS) is 11.7. The summed E-state index contributed by atoms with van der Waals surface area (Å²) in [6.07, 6.45) is 0.621. The Labute approximate surface area is 158 Å². The zero-order chi connectivity index (χ0) is 19.1. The number of halogens is 1. The Balaban J connectivity index is 1.87. The van der Waals surface area contributed by atoms with Gasteiger partial charge in [0.05, 0.1) is 6.04 Å². The van der Waals surface area contributed by atoms with E-state index in [0.29, 0.717) is 34.4 Å². The number of benzene rings is 2. The van der Waals surface area contributed by atoms with Gasteiger partial charge in [-0.1, -0.05) is 25.4 Å². The molecule has 3 amide bonds. The van der Waals surface area contributed by atoms with Gasteiger partial charge in [-0.3, -0.25) is 4.79 Å². The quantitative estimate of drug-likeness (QED) is 0.607. The molecule has 0 aliphatic carbocycles. The average molecular weight is 375 g/mol. The number of urea groups is 1. The molecule has 7 heteroatoms. The van der Waals surface area contributed by atoms with Crippen LogP contribution < -0.4 is 21.7 Å². The highest BCUT2D eigenvalue weighted by Gasteiger charge is 2.15. The van der Waals surface area contributed by atoms with Crippen LogP contribution in [0.4, 0.5) is 21.9 Å². The summed E-state index contributed by atoms with van der Waals surface area (Å²) in [5.74, 6) is 0.126. The van der Waals surface area contributed by atoms with E-state index in [1.807, 2.05) is 13.8 Å². The van der Waals surface area contributed by atoms with E-state index in [9.17, 15) is 9.59 Å². The lowest BCUT2D eigenvalue weighted by atomic mass is 10.0. The summed E-state index contributed by atoms with van der Waals surface area (Å²) in [5, 5.41) is 8.78. The van der Waals surface area contributed by atoms with Crippen LogP contribution in [-0.4, -0.2) is 18.0 Å². The average Bonchev–Trinajstić information content (AvgIpc) is 2.58. The van der Waals surface area contributed by atoms with Crippen molar-refractivity contribution in [1.29, 1.82) is 0 Å². The highest BCUT2D eigenvalue weighted by Crippen LogP contribution is 2.16. The minimum Gasteiger partial charge on any atom is -0.325 e. The number of anilines is 3. The highest BCUT2D eigenvalue weighted by atomic mass is 35.5. The van der Waals surface area contributed by atoms with Gasteiger partial charge in [-0.25, -0.2) is 4.79 Å². The van der Waals surface area contributed by atoms with Crippen molar-refractivity contribution in [2.24, 2.45) is 11.7 Å². The van der Waals surface area contributed by atoms with E-state index in [2.05, 4.69) is 16.0 Å². The molecule has 0 saturated heterocycles. The summed E-state index contributed by atoms with van der Waals surface area (Å²) in [7, 11) is 0. The smallest absolute Gasteiger partial charge is 0.323 e. The number of nitrogens with two attached hydrogens (primary N) is 1. The summed E-state index contributed by atoms with van der Waals surface area (Å²) < 4.78 is 0. The van der Waals surface area contributed by atoms with Gasteiger partial charge in [0.25, 0.3) is 0 Å². The van der Waals surface area contributed by atoms with Crippen molar-refractivity contribution in [3.8, 4) is 0 Å². The van der Waals surface area contributed by atoms with Gasteiger partial charge in [0.1, 0.15) is 0 Å². The minimum absolute atomic E-state index is 0.222. The molecule has 0 spiro atoms. The Bertz CT molecular complexity index is 745. The SMILES string of the molecule is CC(C)C[C@H](N)C(=O)Nc1ccc(NC(=O)Nc2ccc(Cl)cc2)cc1. The Hall–Kier alpha value is -2.57. The van der Waals surface area contributed by atoms with Gasteiger partial charge in [0.2, 0.25) is 5.91 Å². The Morgan fingerprint density at radius 3 is 1.77 bits per heavy atom. The number of hydrogen-bond acceptors (Lipinski definition) is 3. The molecule has 0 fully saturated rings. The molecule has 2 aromatic rings. The van der Waals surface area contributed by atoms with E-state index in [1.54, 1.807) is 48.5 Å². The van der Waals surface area contributed by atoms with Crippen LogP contribution in [0.1, 0.15) is 20.3 Å². The number of rotatable bonds is 6. The summed E-state index contributed by atoms with van der Waals surface area (Å²) >= 11 is 5.81. The number of carbonyl (C=O) groups excluding carboxylic acids is 2. The van der Waals surface area contributed by atoms with Crippen LogP contribution in [0, 0.1) is 5.92 Å². The van der Waals surface area contributed by atoms with Crippen LogP contribution in [0.25, 0.3) is 0 Å². The predicted molar refractivity (Wildman–Crippen MR) is 107 cm³/mol. The molecule has 0 unspecified atom stereocenters. The fraction of sp³-hybridized carbons (Fsp3) is 0.263. The van der Waals surface area contributed by atoms with Gasteiger partial charge in [0.15, 0.2) is 0 Å². The van der Waals surface area contributed by atoms with E-state index in [4.69, 9.17) is 17.3 Å². The molecular weight excluding hydrogens is 352 g/mol. The van der Waals surface area contributed by atoms with Crippen LogP contribution >= 0.6 is 11.6 Å². The van der Waals surface area contributed by atoms with Crippen LogP contribution in [0.2, 0.25) is 5.02 Å². The lowest BCUT2D eigenvalue weighted by Gasteiger charge is -2.14. The fourth-order valence-corrected chi connectivity index (χ4v) is 2.44. The number of nitrogens with one attached hydrogen (secondary N) is 3. The van der Waals surface area contributed by atoms with E-state index in [0.717, 1.165) is 0 Å². The molecule has 0 bridgehead atoms. The van der Waals surface area contributed by atoms with Gasteiger partial charge in [0, 0.05) is 22.1 Å². The number of hydrogen-bond donors (Lipinski definition) is 4. The van der Waals surface area contributed by atoms with Crippen molar-refractivity contribution in [2.45, 2.75) is 26.3 Å². The lowest BCUT2D eigenvalue weighted by Crippen LogP contribution is -2.36. The topological polar surface area (TPSA) is 96.2 Å². The summed E-state index contributed by atoms with van der Waals surface area (Å²) in [6, 6.07) is 12.7. The molecular formula is C19H23ClN4O2. The van der Waals surface area contributed by atoms with Gasteiger partial charge >= 0.3 is 6.03 Å². The maximum absolute atomic E-state index is 12.0. The van der Waals surface area contributed by atoms with Crippen molar-refractivity contribution in [3.63, 3.8) is 0 Å². The third-order valence-corrected chi connectivity index (χ3v) is 3.83. The second kappa shape index (κ2) is 9.22. The third kappa shape index (κ3) is 6.38. The Morgan fingerprint density at radius 1 is 0.885 bits per heavy atom. The molecule has 1 atom stereocenters. The first kappa shape index (κ1) is 19.8. The molecule has 0 heterocycles. The van der Waals surface area contributed by atoms with Gasteiger partial charge < -0.3 is 21.7 Å². The van der Waals surface area contributed by atoms with Crippen LogP contribution in [0.15, 0.2) is 48.5 Å². The first-order valence-corrected chi connectivity index (χ1v) is 8.71. The monoisotopic (exact) mass is 374 g/mol. The molecule has 0 radical (unpaired) electrons. The van der Waals surface area contributed by atoms with Crippen LogP contribution in [0.5, 0.6) is 0 Å². The first-order chi connectivity index (χ1) is 12.3. The highest BCUT2D eigenvalue weighted by molar-refractivity contribution is 6.30. The largest absolute Gasteiger partial charge is 0.325 e. The lowest BCUT2D eigenvalue weighted by molar-refractivity contribution is -0.117. The third-order valence-electron chi connectivity index (χ3n) is 3.57. The van der Waals surface area contributed by atoms with Gasteiger partial charge in [-0.2, -0.15) is 0 Å². The zero-order valence-electron chi connectivity index (χ0n) is 14.8. The maximum Gasteiger partial charge on any atom is 0.323 e. The van der Waals surface area contributed by atoms with E-state index < -0.39 is 6.04 Å². The summed E-state index contributed by atoms with van der Waals surface area (Å²) in [6.45, 7) is 4.03. The second-order valence-electron chi connectivity index (χ2n) is 6.39. The number of amides is 3. The Morgan fingerprint density at radius 2 is 1.31 bits per heavy atom. The molecule has 6 nitrogen and oxygen atoms in total. The maximum atomic E-state index is 12.0. The van der Waals surface area contributed by atoms with Crippen molar-refractivity contribution >= 4 is 40.6 Å². The van der Waals surface area contributed by atoms with Crippen molar-refractivity contribution in [3.05, 3.63) is 53.6 Å². The fourth-order valence-electron chi connectivity index (χ4n) is 2.31.